The molecule has 0 aliphatic heterocycles. The lowest BCUT2D eigenvalue weighted by Gasteiger charge is -2.15. The van der Waals surface area contributed by atoms with Gasteiger partial charge in [-0.05, 0) is 29.8 Å². The molecule has 3 rings (SSSR count). The summed E-state index contributed by atoms with van der Waals surface area (Å²) in [5.41, 5.74) is 4.36. The van der Waals surface area contributed by atoms with E-state index in [4.69, 9.17) is 33.5 Å². The first-order valence-electron chi connectivity index (χ1n) is 6.08. The average Bonchev–Trinajstić information content (AvgIpc) is 2.85. The lowest BCUT2D eigenvalue weighted by molar-refractivity contribution is 0.477. The number of halogens is 2. The Bertz CT molecular complexity index is 721. The molecular formula is C15H12Cl2N2O. The van der Waals surface area contributed by atoms with Crippen molar-refractivity contribution in [3.63, 3.8) is 0 Å². The third-order valence-electron chi connectivity index (χ3n) is 3.17. The second kappa shape index (κ2) is 5.46. The average molecular weight is 307 g/mol. The Balaban J connectivity index is 2.08. The summed E-state index contributed by atoms with van der Waals surface area (Å²) in [4.78, 5) is 0. The van der Waals surface area contributed by atoms with Crippen LogP contribution in [0.4, 0.5) is 0 Å². The third-order valence-corrected chi connectivity index (χ3v) is 3.73. The first kappa shape index (κ1) is 13.5. The summed E-state index contributed by atoms with van der Waals surface area (Å²) >= 11 is 12.1. The van der Waals surface area contributed by atoms with E-state index in [1.807, 2.05) is 36.4 Å². The van der Waals surface area contributed by atoms with Gasteiger partial charge in [0, 0.05) is 15.4 Å². The van der Waals surface area contributed by atoms with E-state index in [9.17, 15) is 0 Å². The van der Waals surface area contributed by atoms with Gasteiger partial charge in [0.1, 0.15) is 17.4 Å². The van der Waals surface area contributed by atoms with Gasteiger partial charge in [-0.15, -0.1) is 0 Å². The number of nitrogens with one attached hydrogen (secondary N) is 1. The van der Waals surface area contributed by atoms with Crippen molar-refractivity contribution in [1.82, 2.24) is 5.43 Å². The number of hydrogen-bond acceptors (Lipinski definition) is 3. The topological polar surface area (TPSA) is 51.2 Å². The Morgan fingerprint density at radius 3 is 2.55 bits per heavy atom. The fraction of sp³-hybridized carbons (Fsp3) is 0.0667. The normalized spacial score (nSPS) is 12.8. The second-order valence-electron chi connectivity index (χ2n) is 4.45. The van der Waals surface area contributed by atoms with E-state index in [1.165, 1.54) is 0 Å². The molecule has 0 fully saturated rings. The van der Waals surface area contributed by atoms with Gasteiger partial charge >= 0.3 is 0 Å². The molecule has 0 aliphatic rings. The van der Waals surface area contributed by atoms with E-state index < -0.39 is 0 Å². The van der Waals surface area contributed by atoms with Gasteiger partial charge in [0.05, 0.1) is 0 Å². The molecule has 1 aromatic heterocycles. The summed E-state index contributed by atoms with van der Waals surface area (Å²) in [6.07, 6.45) is 0. The van der Waals surface area contributed by atoms with Crippen molar-refractivity contribution in [2.24, 2.45) is 5.84 Å². The molecule has 2 aromatic carbocycles. The van der Waals surface area contributed by atoms with Crippen LogP contribution in [0.2, 0.25) is 10.0 Å². The van der Waals surface area contributed by atoms with Gasteiger partial charge in [0.25, 0.3) is 0 Å². The summed E-state index contributed by atoms with van der Waals surface area (Å²) < 4.78 is 5.83. The van der Waals surface area contributed by atoms with Crippen molar-refractivity contribution < 1.29 is 4.42 Å². The summed E-state index contributed by atoms with van der Waals surface area (Å²) in [5.74, 6) is 6.37. The maximum Gasteiger partial charge on any atom is 0.134 e. The number of fused-ring (bicyclic) bond motifs is 1. The monoisotopic (exact) mass is 306 g/mol. The van der Waals surface area contributed by atoms with Gasteiger partial charge in [-0.25, -0.2) is 5.43 Å². The molecule has 3 nitrogen and oxygen atoms in total. The van der Waals surface area contributed by atoms with Crippen molar-refractivity contribution in [2.45, 2.75) is 6.04 Å². The van der Waals surface area contributed by atoms with Crippen molar-refractivity contribution in [3.8, 4) is 0 Å². The van der Waals surface area contributed by atoms with Gasteiger partial charge in [-0.1, -0.05) is 47.5 Å². The number of rotatable bonds is 3. The molecule has 0 radical (unpaired) electrons. The predicted octanol–water partition coefficient (Wildman–Crippen LogP) is 4.29. The molecule has 1 unspecified atom stereocenters. The van der Waals surface area contributed by atoms with Gasteiger partial charge in [-0.3, -0.25) is 5.84 Å². The highest BCUT2D eigenvalue weighted by Crippen LogP contribution is 2.32. The van der Waals surface area contributed by atoms with Crippen molar-refractivity contribution >= 4 is 34.2 Å². The van der Waals surface area contributed by atoms with E-state index >= 15 is 0 Å². The lowest BCUT2D eigenvalue weighted by Crippen LogP contribution is -2.28. The van der Waals surface area contributed by atoms with Crippen LogP contribution in [0.5, 0.6) is 0 Å². The highest BCUT2D eigenvalue weighted by Gasteiger charge is 2.19. The van der Waals surface area contributed by atoms with E-state index in [1.54, 1.807) is 12.1 Å². The zero-order valence-corrected chi connectivity index (χ0v) is 11.9. The van der Waals surface area contributed by atoms with Gasteiger partial charge in [-0.2, -0.15) is 0 Å². The molecule has 0 spiro atoms. The molecule has 1 heterocycles. The Morgan fingerprint density at radius 2 is 1.85 bits per heavy atom. The fourth-order valence-electron chi connectivity index (χ4n) is 2.21. The molecule has 102 valence electrons. The standard InChI is InChI=1S/C15H12Cl2N2O/c16-10-5-6-11(12(17)8-10)15(19-18)14-7-9-3-1-2-4-13(9)20-14/h1-8,15,19H,18H2. The Hall–Kier alpha value is -1.52. The van der Waals surface area contributed by atoms with Crippen LogP contribution in [-0.2, 0) is 0 Å². The van der Waals surface area contributed by atoms with Crippen LogP contribution < -0.4 is 11.3 Å². The molecule has 3 N–H and O–H groups in total. The maximum atomic E-state index is 6.23. The molecule has 0 bridgehead atoms. The zero-order valence-electron chi connectivity index (χ0n) is 10.4. The quantitative estimate of drug-likeness (QED) is 0.560. The number of hydrogen-bond donors (Lipinski definition) is 2. The summed E-state index contributed by atoms with van der Waals surface area (Å²) in [6.45, 7) is 0. The van der Waals surface area contributed by atoms with E-state index in [-0.39, 0.29) is 6.04 Å². The highest BCUT2D eigenvalue weighted by atomic mass is 35.5. The first-order chi connectivity index (χ1) is 9.69. The highest BCUT2D eigenvalue weighted by molar-refractivity contribution is 6.35. The Kier molecular flexibility index (Phi) is 3.68. The molecule has 5 heteroatoms. The largest absolute Gasteiger partial charge is 0.459 e. The van der Waals surface area contributed by atoms with Gasteiger partial charge < -0.3 is 4.42 Å². The van der Waals surface area contributed by atoms with Crippen LogP contribution in [0, 0.1) is 0 Å². The number of hydrazine groups is 1. The van der Waals surface area contributed by atoms with Crippen molar-refractivity contribution in [1.29, 1.82) is 0 Å². The minimum Gasteiger partial charge on any atom is -0.459 e. The molecule has 0 aliphatic carbocycles. The van der Waals surface area contributed by atoms with Crippen molar-refractivity contribution in [3.05, 3.63) is 69.9 Å². The lowest BCUT2D eigenvalue weighted by atomic mass is 10.0. The van der Waals surface area contributed by atoms with Crippen LogP contribution in [0.25, 0.3) is 11.0 Å². The second-order valence-corrected chi connectivity index (χ2v) is 5.30. The molecule has 0 amide bonds. The Morgan fingerprint density at radius 1 is 1.05 bits per heavy atom. The summed E-state index contributed by atoms with van der Waals surface area (Å²) in [6, 6.07) is 14.7. The molecule has 0 saturated carbocycles. The minimum absolute atomic E-state index is 0.327. The van der Waals surface area contributed by atoms with E-state index in [2.05, 4.69) is 5.43 Å². The molecule has 1 atom stereocenters. The molecule has 20 heavy (non-hydrogen) atoms. The minimum atomic E-state index is -0.327. The van der Waals surface area contributed by atoms with Crippen LogP contribution in [0.1, 0.15) is 17.4 Å². The SMILES string of the molecule is NNC(c1cc2ccccc2o1)c1ccc(Cl)cc1Cl. The van der Waals surface area contributed by atoms with Crippen LogP contribution >= 0.6 is 23.2 Å². The maximum absolute atomic E-state index is 6.23. The van der Waals surface area contributed by atoms with E-state index in [0.717, 1.165) is 16.5 Å². The number of furan rings is 1. The van der Waals surface area contributed by atoms with Gasteiger partial charge in [0.15, 0.2) is 0 Å². The molecule has 3 aromatic rings. The van der Waals surface area contributed by atoms with Crippen molar-refractivity contribution in [2.75, 3.05) is 0 Å². The van der Waals surface area contributed by atoms with Crippen LogP contribution in [0.15, 0.2) is 52.9 Å². The first-order valence-corrected chi connectivity index (χ1v) is 6.84. The van der Waals surface area contributed by atoms with Crippen LogP contribution in [0.3, 0.4) is 0 Å². The Labute approximate surface area is 126 Å². The summed E-state index contributed by atoms with van der Waals surface area (Å²) in [7, 11) is 0. The smallest absolute Gasteiger partial charge is 0.134 e. The molecule has 0 saturated heterocycles. The zero-order chi connectivity index (χ0) is 14.1. The van der Waals surface area contributed by atoms with E-state index in [0.29, 0.717) is 15.8 Å². The predicted molar refractivity (Wildman–Crippen MR) is 81.8 cm³/mol. The number of nitrogens with two attached hydrogens (primary N) is 1. The third kappa shape index (κ3) is 2.41. The summed E-state index contributed by atoms with van der Waals surface area (Å²) in [5, 5.41) is 2.15. The number of benzene rings is 2. The number of para-hydroxylation sites is 1. The molecular weight excluding hydrogens is 295 g/mol. The van der Waals surface area contributed by atoms with Gasteiger partial charge in [0.2, 0.25) is 0 Å². The fourth-order valence-corrected chi connectivity index (χ4v) is 2.72. The van der Waals surface area contributed by atoms with Crippen LogP contribution in [-0.4, -0.2) is 0 Å².